The van der Waals surface area contributed by atoms with Gasteiger partial charge in [0.05, 0.1) is 24.2 Å². The maximum absolute atomic E-state index is 13.2. The largest absolute Gasteiger partial charge is 0.378 e. The number of pyridine rings is 1. The smallest absolute Gasteiger partial charge is 0.243 e. The van der Waals surface area contributed by atoms with E-state index in [1.165, 1.54) is 0 Å². The van der Waals surface area contributed by atoms with Crippen molar-refractivity contribution < 1.29 is 13.2 Å². The summed E-state index contributed by atoms with van der Waals surface area (Å²) in [5, 5.41) is 0. The van der Waals surface area contributed by atoms with Crippen LogP contribution < -0.4 is 4.90 Å². The number of hydrogen-bond acceptors (Lipinski definition) is 5. The first kappa shape index (κ1) is 19.4. The first-order chi connectivity index (χ1) is 13.5. The minimum Gasteiger partial charge on any atom is -0.378 e. The molecule has 1 aromatic heterocycles. The maximum atomic E-state index is 13.2. The molecule has 0 spiro atoms. The summed E-state index contributed by atoms with van der Waals surface area (Å²) in [7, 11) is -3.52. The monoisotopic (exact) mass is 401 g/mol. The Morgan fingerprint density at radius 1 is 1.00 bits per heavy atom. The summed E-state index contributed by atoms with van der Waals surface area (Å²) >= 11 is 0. The van der Waals surface area contributed by atoms with E-state index >= 15 is 0 Å². The third-order valence-corrected chi connectivity index (χ3v) is 7.56. The Kier molecular flexibility index (Phi) is 5.40. The minimum atomic E-state index is -3.52. The van der Waals surface area contributed by atoms with E-state index < -0.39 is 10.0 Å². The third kappa shape index (κ3) is 3.66. The number of benzene rings is 1. The quantitative estimate of drug-likeness (QED) is 0.788. The van der Waals surface area contributed by atoms with Crippen molar-refractivity contribution in [3.63, 3.8) is 0 Å². The van der Waals surface area contributed by atoms with E-state index in [2.05, 4.69) is 11.0 Å². The van der Waals surface area contributed by atoms with Crippen molar-refractivity contribution in [3.05, 3.63) is 53.2 Å². The van der Waals surface area contributed by atoms with Gasteiger partial charge in [-0.15, -0.1) is 0 Å². The van der Waals surface area contributed by atoms with E-state index in [0.29, 0.717) is 24.7 Å². The van der Waals surface area contributed by atoms with Gasteiger partial charge in [-0.1, -0.05) is 23.8 Å². The van der Waals surface area contributed by atoms with Crippen LogP contribution in [0.15, 0.2) is 41.3 Å². The molecule has 2 aliphatic rings. The molecule has 1 atom stereocenters. The van der Waals surface area contributed by atoms with E-state index in [9.17, 15) is 8.42 Å². The zero-order chi connectivity index (χ0) is 19.7. The SMILES string of the molecule is Cc1ccc(S(=O)(=O)N2CCC[C@@H]2c2ccc(N3CCOCC3)nc2C)cc1. The fourth-order valence-corrected chi connectivity index (χ4v) is 5.74. The Hall–Kier alpha value is -1.96. The summed E-state index contributed by atoms with van der Waals surface area (Å²) in [4.78, 5) is 7.37. The van der Waals surface area contributed by atoms with Crippen LogP contribution in [0.5, 0.6) is 0 Å². The summed E-state index contributed by atoms with van der Waals surface area (Å²) in [6.07, 6.45) is 1.69. The molecule has 0 N–H and O–H groups in total. The van der Waals surface area contributed by atoms with Gasteiger partial charge in [0.1, 0.15) is 5.82 Å². The van der Waals surface area contributed by atoms with E-state index in [4.69, 9.17) is 9.72 Å². The van der Waals surface area contributed by atoms with Crippen LogP contribution in [0.3, 0.4) is 0 Å². The highest BCUT2D eigenvalue weighted by Crippen LogP contribution is 2.38. The van der Waals surface area contributed by atoms with Gasteiger partial charge in [0.25, 0.3) is 0 Å². The summed E-state index contributed by atoms with van der Waals surface area (Å²) < 4.78 is 33.5. The number of aryl methyl sites for hydroxylation is 2. The molecule has 0 aliphatic carbocycles. The number of aromatic nitrogens is 1. The molecule has 2 fully saturated rings. The molecular weight excluding hydrogens is 374 g/mol. The molecule has 1 aromatic carbocycles. The standard InChI is InChI=1S/C21H27N3O3S/c1-16-5-7-18(8-6-16)28(25,26)24-11-3-4-20(24)19-9-10-21(22-17(19)2)23-12-14-27-15-13-23/h5-10,20H,3-4,11-15H2,1-2H3/t20-/m1/s1. The maximum Gasteiger partial charge on any atom is 0.243 e. The van der Waals surface area contributed by atoms with Gasteiger partial charge in [0, 0.05) is 25.3 Å². The highest BCUT2D eigenvalue weighted by atomic mass is 32.2. The Bertz CT molecular complexity index is 938. The van der Waals surface area contributed by atoms with Gasteiger partial charge in [-0.05, 0) is 50.5 Å². The fourth-order valence-electron chi connectivity index (χ4n) is 4.06. The molecule has 0 unspecified atom stereocenters. The van der Waals surface area contributed by atoms with Crippen molar-refractivity contribution in [1.29, 1.82) is 0 Å². The molecule has 28 heavy (non-hydrogen) atoms. The van der Waals surface area contributed by atoms with Gasteiger partial charge in [-0.3, -0.25) is 0 Å². The van der Waals surface area contributed by atoms with Crippen LogP contribution in [-0.2, 0) is 14.8 Å². The predicted molar refractivity (Wildman–Crippen MR) is 109 cm³/mol. The fraction of sp³-hybridized carbons (Fsp3) is 0.476. The molecule has 3 heterocycles. The van der Waals surface area contributed by atoms with Crippen LogP contribution in [0, 0.1) is 13.8 Å². The van der Waals surface area contributed by atoms with Crippen LogP contribution >= 0.6 is 0 Å². The number of ether oxygens (including phenoxy) is 1. The molecule has 2 saturated heterocycles. The van der Waals surface area contributed by atoms with Crippen LogP contribution in [0.2, 0.25) is 0 Å². The molecule has 0 saturated carbocycles. The minimum absolute atomic E-state index is 0.155. The highest BCUT2D eigenvalue weighted by molar-refractivity contribution is 7.89. The lowest BCUT2D eigenvalue weighted by Crippen LogP contribution is -2.37. The van der Waals surface area contributed by atoms with Gasteiger partial charge in [0.2, 0.25) is 10.0 Å². The van der Waals surface area contributed by atoms with Crippen molar-refractivity contribution in [2.45, 2.75) is 37.6 Å². The molecule has 0 radical (unpaired) electrons. The number of anilines is 1. The van der Waals surface area contributed by atoms with Crippen molar-refractivity contribution in [3.8, 4) is 0 Å². The normalized spacial score (nSPS) is 21.2. The number of sulfonamides is 1. The lowest BCUT2D eigenvalue weighted by atomic mass is 10.0. The summed E-state index contributed by atoms with van der Waals surface area (Å²) in [6.45, 7) is 7.59. The van der Waals surface area contributed by atoms with Crippen molar-refractivity contribution in [2.24, 2.45) is 0 Å². The molecule has 0 bridgehead atoms. The average molecular weight is 402 g/mol. The Balaban J connectivity index is 1.62. The second kappa shape index (κ2) is 7.81. The van der Waals surface area contributed by atoms with Crippen molar-refractivity contribution in [2.75, 3.05) is 37.7 Å². The first-order valence-electron chi connectivity index (χ1n) is 9.85. The number of rotatable bonds is 4. The van der Waals surface area contributed by atoms with E-state index in [1.807, 2.05) is 32.0 Å². The van der Waals surface area contributed by atoms with Crippen LogP contribution in [0.1, 0.15) is 35.7 Å². The van der Waals surface area contributed by atoms with Gasteiger partial charge < -0.3 is 9.64 Å². The van der Waals surface area contributed by atoms with Gasteiger partial charge in [-0.25, -0.2) is 13.4 Å². The number of morpholine rings is 1. The Morgan fingerprint density at radius 2 is 1.71 bits per heavy atom. The molecule has 2 aromatic rings. The van der Waals surface area contributed by atoms with Crippen molar-refractivity contribution in [1.82, 2.24) is 9.29 Å². The second-order valence-electron chi connectivity index (χ2n) is 7.53. The number of nitrogens with zero attached hydrogens (tertiary/aromatic N) is 3. The molecule has 6 nitrogen and oxygen atoms in total. The molecule has 0 amide bonds. The predicted octanol–water partition coefficient (Wildman–Crippen LogP) is 3.06. The zero-order valence-corrected chi connectivity index (χ0v) is 17.3. The molecule has 2 aliphatic heterocycles. The first-order valence-corrected chi connectivity index (χ1v) is 11.3. The highest BCUT2D eigenvalue weighted by Gasteiger charge is 2.37. The van der Waals surface area contributed by atoms with Crippen LogP contribution in [-0.4, -0.2) is 50.6 Å². The third-order valence-electron chi connectivity index (χ3n) is 5.64. The lowest BCUT2D eigenvalue weighted by molar-refractivity contribution is 0.122. The average Bonchev–Trinajstić information content (AvgIpc) is 3.19. The van der Waals surface area contributed by atoms with Gasteiger partial charge in [-0.2, -0.15) is 4.31 Å². The van der Waals surface area contributed by atoms with Crippen LogP contribution in [0.25, 0.3) is 0 Å². The lowest BCUT2D eigenvalue weighted by Gasteiger charge is -2.29. The second-order valence-corrected chi connectivity index (χ2v) is 9.42. The Labute approximate surface area is 167 Å². The van der Waals surface area contributed by atoms with E-state index in [0.717, 1.165) is 48.6 Å². The van der Waals surface area contributed by atoms with Crippen LogP contribution in [0.4, 0.5) is 5.82 Å². The molecule has 4 rings (SSSR count). The van der Waals surface area contributed by atoms with E-state index in [1.54, 1.807) is 16.4 Å². The zero-order valence-electron chi connectivity index (χ0n) is 16.5. The molecular formula is C21H27N3O3S. The van der Waals surface area contributed by atoms with E-state index in [-0.39, 0.29) is 6.04 Å². The summed E-state index contributed by atoms with van der Waals surface area (Å²) in [5.41, 5.74) is 2.96. The van der Waals surface area contributed by atoms with Crippen molar-refractivity contribution >= 4 is 15.8 Å². The summed E-state index contributed by atoms with van der Waals surface area (Å²) in [5.74, 6) is 0.940. The van der Waals surface area contributed by atoms with Gasteiger partial charge >= 0.3 is 0 Å². The number of hydrogen-bond donors (Lipinski definition) is 0. The molecule has 150 valence electrons. The summed E-state index contributed by atoms with van der Waals surface area (Å²) in [6, 6.07) is 11.0. The molecule has 7 heteroatoms. The Morgan fingerprint density at radius 3 is 2.39 bits per heavy atom. The van der Waals surface area contributed by atoms with Gasteiger partial charge in [0.15, 0.2) is 0 Å². The topological polar surface area (TPSA) is 62.7 Å².